The number of fused-ring (bicyclic) bond motifs is 1. The Labute approximate surface area is 120 Å². The second-order valence-corrected chi connectivity index (χ2v) is 5.82. The van der Waals surface area contributed by atoms with Crippen LogP contribution in [0.3, 0.4) is 0 Å². The molecule has 1 aliphatic heterocycles. The number of carbonyl (C=O) groups excluding carboxylic acids is 1. The largest absolute Gasteiger partial charge is 0.368 e. The van der Waals surface area contributed by atoms with Crippen LogP contribution in [0.25, 0.3) is 0 Å². The summed E-state index contributed by atoms with van der Waals surface area (Å²) in [6.45, 7) is 2.50. The van der Waals surface area contributed by atoms with Crippen LogP contribution in [0, 0.1) is 0 Å². The Morgan fingerprint density at radius 3 is 3.00 bits per heavy atom. The summed E-state index contributed by atoms with van der Waals surface area (Å²) in [5.74, 6) is -0.209. The zero-order chi connectivity index (χ0) is 13.9. The Balaban J connectivity index is 1.93. The first-order valence-corrected chi connectivity index (χ1v) is 7.61. The summed E-state index contributed by atoms with van der Waals surface area (Å²) in [5, 5.41) is 3.28. The lowest BCUT2D eigenvalue weighted by Crippen LogP contribution is -2.57. The van der Waals surface area contributed by atoms with E-state index in [0.717, 1.165) is 25.9 Å². The summed E-state index contributed by atoms with van der Waals surface area (Å²) < 4.78 is 0. The van der Waals surface area contributed by atoms with Gasteiger partial charge >= 0.3 is 0 Å². The van der Waals surface area contributed by atoms with Crippen LogP contribution in [0.15, 0.2) is 24.3 Å². The highest BCUT2D eigenvalue weighted by atomic mass is 16.1. The number of hydrogen-bond donors (Lipinski definition) is 2. The maximum Gasteiger partial charge on any atom is 0.236 e. The van der Waals surface area contributed by atoms with Gasteiger partial charge in [-0.25, -0.2) is 0 Å². The number of nitrogens with zero attached hydrogens (tertiary/aromatic N) is 1. The van der Waals surface area contributed by atoms with Crippen LogP contribution in [0.5, 0.6) is 0 Å². The summed E-state index contributed by atoms with van der Waals surface area (Å²) in [6.07, 6.45) is 4.73. The number of benzene rings is 1. The molecular weight excluding hydrogens is 250 g/mol. The highest BCUT2D eigenvalue weighted by Gasteiger charge is 2.34. The van der Waals surface area contributed by atoms with Crippen LogP contribution < -0.4 is 11.1 Å². The van der Waals surface area contributed by atoms with Gasteiger partial charge in [-0.1, -0.05) is 30.7 Å². The van der Waals surface area contributed by atoms with E-state index in [9.17, 15) is 4.79 Å². The van der Waals surface area contributed by atoms with Crippen LogP contribution in [-0.2, 0) is 11.2 Å². The summed E-state index contributed by atoms with van der Waals surface area (Å²) >= 11 is 0. The fourth-order valence-corrected chi connectivity index (χ4v) is 3.60. The predicted octanol–water partition coefficient (Wildman–Crippen LogP) is 1.21. The van der Waals surface area contributed by atoms with Crippen molar-refractivity contribution in [3.8, 4) is 0 Å². The third kappa shape index (κ3) is 2.58. The Morgan fingerprint density at radius 1 is 1.30 bits per heavy atom. The van der Waals surface area contributed by atoms with E-state index in [-0.39, 0.29) is 11.9 Å². The normalized spacial score (nSPS) is 27.6. The van der Waals surface area contributed by atoms with Crippen LogP contribution in [0.4, 0.5) is 0 Å². The predicted molar refractivity (Wildman–Crippen MR) is 79.3 cm³/mol. The van der Waals surface area contributed by atoms with Gasteiger partial charge in [0.25, 0.3) is 0 Å². The average molecular weight is 273 g/mol. The van der Waals surface area contributed by atoms with Gasteiger partial charge in [0, 0.05) is 25.7 Å². The fourth-order valence-electron chi connectivity index (χ4n) is 3.60. The van der Waals surface area contributed by atoms with E-state index in [0.29, 0.717) is 12.6 Å². The molecule has 0 bridgehead atoms. The van der Waals surface area contributed by atoms with Gasteiger partial charge in [-0.05, 0) is 30.4 Å². The number of carbonyl (C=O) groups is 1. The van der Waals surface area contributed by atoms with Crippen molar-refractivity contribution in [2.24, 2.45) is 5.73 Å². The number of aryl methyl sites for hydroxylation is 1. The van der Waals surface area contributed by atoms with E-state index in [1.165, 1.54) is 24.0 Å². The molecule has 1 heterocycles. The SMILES string of the molecule is NC(=O)C1CNCCN1C1CCCCc2ccccc21. The minimum Gasteiger partial charge on any atom is -0.368 e. The van der Waals surface area contributed by atoms with E-state index in [1.807, 2.05) is 0 Å². The third-order valence-corrected chi connectivity index (χ3v) is 4.60. The van der Waals surface area contributed by atoms with E-state index in [4.69, 9.17) is 5.73 Å². The lowest BCUT2D eigenvalue weighted by atomic mass is 9.95. The van der Waals surface area contributed by atoms with Crippen molar-refractivity contribution in [1.29, 1.82) is 0 Å². The Morgan fingerprint density at radius 2 is 2.15 bits per heavy atom. The Hall–Kier alpha value is -1.39. The zero-order valence-corrected chi connectivity index (χ0v) is 11.8. The summed E-state index contributed by atoms with van der Waals surface area (Å²) in [5.41, 5.74) is 8.45. The molecule has 0 aromatic heterocycles. The number of amides is 1. The van der Waals surface area contributed by atoms with Crippen molar-refractivity contribution in [3.63, 3.8) is 0 Å². The average Bonchev–Trinajstić information content (AvgIpc) is 2.69. The molecule has 2 aliphatic rings. The summed E-state index contributed by atoms with van der Waals surface area (Å²) in [7, 11) is 0. The van der Waals surface area contributed by atoms with E-state index in [1.54, 1.807) is 0 Å². The van der Waals surface area contributed by atoms with Gasteiger partial charge < -0.3 is 11.1 Å². The van der Waals surface area contributed by atoms with Crippen molar-refractivity contribution >= 4 is 5.91 Å². The maximum atomic E-state index is 11.7. The van der Waals surface area contributed by atoms with Gasteiger partial charge in [0.1, 0.15) is 6.04 Å². The van der Waals surface area contributed by atoms with E-state index in [2.05, 4.69) is 34.5 Å². The molecule has 1 aliphatic carbocycles. The molecule has 0 radical (unpaired) electrons. The van der Waals surface area contributed by atoms with Gasteiger partial charge in [0.15, 0.2) is 0 Å². The molecule has 3 rings (SSSR count). The third-order valence-electron chi connectivity index (χ3n) is 4.60. The number of nitrogens with two attached hydrogens (primary N) is 1. The van der Waals surface area contributed by atoms with Gasteiger partial charge in [-0.2, -0.15) is 0 Å². The topological polar surface area (TPSA) is 58.4 Å². The molecule has 1 fully saturated rings. The number of nitrogens with one attached hydrogen (secondary N) is 1. The fraction of sp³-hybridized carbons (Fsp3) is 0.562. The minimum atomic E-state index is -0.209. The lowest BCUT2D eigenvalue weighted by Gasteiger charge is -2.40. The standard InChI is InChI=1S/C16H23N3O/c17-16(20)15-11-18-9-10-19(15)14-8-4-2-6-12-5-1-3-7-13(12)14/h1,3,5,7,14-15,18H,2,4,6,8-11H2,(H2,17,20). The van der Waals surface area contributed by atoms with Crippen LogP contribution in [0.2, 0.25) is 0 Å². The lowest BCUT2D eigenvalue weighted by molar-refractivity contribution is -0.125. The van der Waals surface area contributed by atoms with Crippen LogP contribution in [-0.4, -0.2) is 36.5 Å². The summed E-state index contributed by atoms with van der Waals surface area (Å²) in [4.78, 5) is 14.1. The van der Waals surface area contributed by atoms with Crippen molar-refractivity contribution in [3.05, 3.63) is 35.4 Å². The first-order valence-electron chi connectivity index (χ1n) is 7.61. The number of primary amides is 1. The molecule has 1 aromatic rings. The summed E-state index contributed by atoms with van der Waals surface area (Å²) in [6, 6.07) is 8.84. The molecule has 0 spiro atoms. The number of piperazine rings is 1. The molecule has 2 unspecified atom stereocenters. The highest BCUT2D eigenvalue weighted by Crippen LogP contribution is 2.34. The van der Waals surface area contributed by atoms with Crippen molar-refractivity contribution in [2.45, 2.75) is 37.8 Å². The molecular formula is C16H23N3O. The second kappa shape index (κ2) is 5.94. The van der Waals surface area contributed by atoms with Crippen molar-refractivity contribution in [2.75, 3.05) is 19.6 Å². The molecule has 2 atom stereocenters. The number of rotatable bonds is 2. The molecule has 1 amide bonds. The van der Waals surface area contributed by atoms with Gasteiger partial charge in [0.05, 0.1) is 0 Å². The molecule has 1 aromatic carbocycles. The molecule has 1 saturated heterocycles. The van der Waals surface area contributed by atoms with Crippen molar-refractivity contribution in [1.82, 2.24) is 10.2 Å². The van der Waals surface area contributed by atoms with Gasteiger partial charge in [-0.15, -0.1) is 0 Å². The molecule has 4 heteroatoms. The maximum absolute atomic E-state index is 11.7. The molecule has 108 valence electrons. The van der Waals surface area contributed by atoms with Gasteiger partial charge in [-0.3, -0.25) is 9.69 Å². The molecule has 20 heavy (non-hydrogen) atoms. The van der Waals surface area contributed by atoms with Crippen molar-refractivity contribution < 1.29 is 4.79 Å². The Bertz CT molecular complexity index is 488. The molecule has 0 saturated carbocycles. The first-order chi connectivity index (χ1) is 9.77. The zero-order valence-electron chi connectivity index (χ0n) is 11.8. The first kappa shape index (κ1) is 13.6. The number of hydrogen-bond acceptors (Lipinski definition) is 3. The monoisotopic (exact) mass is 273 g/mol. The Kier molecular flexibility index (Phi) is 4.03. The highest BCUT2D eigenvalue weighted by molar-refractivity contribution is 5.80. The molecule has 3 N–H and O–H groups in total. The second-order valence-electron chi connectivity index (χ2n) is 5.82. The van der Waals surface area contributed by atoms with Crippen LogP contribution >= 0.6 is 0 Å². The van der Waals surface area contributed by atoms with E-state index < -0.39 is 0 Å². The van der Waals surface area contributed by atoms with Gasteiger partial charge in [0.2, 0.25) is 5.91 Å². The quantitative estimate of drug-likeness (QED) is 0.796. The smallest absolute Gasteiger partial charge is 0.236 e. The van der Waals surface area contributed by atoms with E-state index >= 15 is 0 Å². The molecule has 4 nitrogen and oxygen atoms in total. The van der Waals surface area contributed by atoms with Crippen LogP contribution in [0.1, 0.15) is 36.4 Å². The minimum absolute atomic E-state index is 0.181.